The molecule has 0 bridgehead atoms. The second-order valence-electron chi connectivity index (χ2n) is 5.78. The Labute approximate surface area is 148 Å². The normalized spacial score (nSPS) is 15.8. The number of ether oxygens (including phenoxy) is 1. The number of thiocarbonyl (C=S) groups is 1. The zero-order valence-corrected chi connectivity index (χ0v) is 15.6. The van der Waals surface area contributed by atoms with Gasteiger partial charge in [-0.05, 0) is 43.8 Å². The van der Waals surface area contributed by atoms with Crippen LogP contribution in [0, 0.1) is 6.92 Å². The number of hydrogen-bond donors (Lipinski definition) is 2. The molecular weight excluding hydrogens is 346 g/mol. The van der Waals surface area contributed by atoms with Crippen molar-refractivity contribution in [2.24, 2.45) is 0 Å². The number of sulfonamides is 1. The van der Waals surface area contributed by atoms with E-state index in [2.05, 4.69) is 17.2 Å². The molecule has 2 rings (SSSR count). The van der Waals surface area contributed by atoms with E-state index in [0.717, 1.165) is 11.1 Å². The molecule has 0 saturated carbocycles. The van der Waals surface area contributed by atoms with Gasteiger partial charge in [0.25, 0.3) is 0 Å². The third-order valence-electron chi connectivity index (χ3n) is 3.52. The van der Waals surface area contributed by atoms with Crippen LogP contribution >= 0.6 is 12.2 Å². The molecule has 8 heteroatoms. The third-order valence-corrected chi connectivity index (χ3v) is 5.71. The van der Waals surface area contributed by atoms with Crippen LogP contribution in [0.5, 0.6) is 0 Å². The van der Waals surface area contributed by atoms with Crippen LogP contribution in [0.25, 0.3) is 0 Å². The molecule has 1 fully saturated rings. The van der Waals surface area contributed by atoms with Crippen molar-refractivity contribution in [1.29, 1.82) is 0 Å². The van der Waals surface area contributed by atoms with E-state index in [4.69, 9.17) is 17.0 Å². The molecule has 24 heavy (non-hydrogen) atoms. The zero-order chi connectivity index (χ0) is 17.7. The summed E-state index contributed by atoms with van der Waals surface area (Å²) in [4.78, 5) is 0.226. The number of morpholine rings is 1. The summed E-state index contributed by atoms with van der Waals surface area (Å²) in [6, 6.07) is 5.24. The fraction of sp³-hybridized carbons (Fsp3) is 0.438. The summed E-state index contributed by atoms with van der Waals surface area (Å²) in [5.41, 5.74) is 2.27. The second-order valence-corrected chi connectivity index (χ2v) is 8.10. The monoisotopic (exact) mass is 369 g/mol. The summed E-state index contributed by atoms with van der Waals surface area (Å²) in [7, 11) is -3.61. The number of aryl methyl sites for hydroxylation is 1. The van der Waals surface area contributed by atoms with Crippen molar-refractivity contribution < 1.29 is 13.2 Å². The summed E-state index contributed by atoms with van der Waals surface area (Å²) in [5, 5.41) is 6.34. The molecule has 2 N–H and O–H groups in total. The van der Waals surface area contributed by atoms with Crippen molar-refractivity contribution in [3.8, 4) is 0 Å². The van der Waals surface area contributed by atoms with Crippen molar-refractivity contribution in [2.75, 3.05) is 38.2 Å². The number of benzene rings is 1. The lowest BCUT2D eigenvalue weighted by Crippen LogP contribution is -2.41. The van der Waals surface area contributed by atoms with Crippen molar-refractivity contribution in [1.82, 2.24) is 9.62 Å². The number of rotatable bonds is 5. The number of nitrogens with one attached hydrogen (secondary N) is 2. The van der Waals surface area contributed by atoms with Gasteiger partial charge in [-0.2, -0.15) is 4.31 Å². The van der Waals surface area contributed by atoms with E-state index in [0.29, 0.717) is 43.6 Å². The first-order valence-electron chi connectivity index (χ1n) is 7.68. The Balaban J connectivity index is 2.27. The minimum absolute atomic E-state index is 0.226. The molecule has 0 aliphatic carbocycles. The smallest absolute Gasteiger partial charge is 0.245 e. The molecule has 1 aromatic rings. The Morgan fingerprint density at radius 3 is 2.67 bits per heavy atom. The Kier molecular flexibility index (Phi) is 6.34. The summed E-state index contributed by atoms with van der Waals surface area (Å²) in [6.07, 6.45) is 0. The lowest BCUT2D eigenvalue weighted by molar-refractivity contribution is 0.0730. The molecule has 0 unspecified atom stereocenters. The van der Waals surface area contributed by atoms with Crippen molar-refractivity contribution >= 4 is 33.0 Å². The highest BCUT2D eigenvalue weighted by Crippen LogP contribution is 2.26. The lowest BCUT2D eigenvalue weighted by atomic mass is 10.2. The average Bonchev–Trinajstić information content (AvgIpc) is 2.55. The molecule has 1 saturated heterocycles. The molecule has 0 radical (unpaired) electrons. The SMILES string of the molecule is C=C(C)CNC(=S)Nc1ccc(C)cc1S(=O)(=O)N1CCOCC1. The summed E-state index contributed by atoms with van der Waals surface area (Å²) in [5.74, 6) is 0. The fourth-order valence-corrected chi connectivity index (χ4v) is 4.09. The molecule has 6 nitrogen and oxygen atoms in total. The Hall–Kier alpha value is -1.48. The van der Waals surface area contributed by atoms with Crippen molar-refractivity contribution in [3.05, 3.63) is 35.9 Å². The van der Waals surface area contributed by atoms with Crippen LogP contribution < -0.4 is 10.6 Å². The van der Waals surface area contributed by atoms with E-state index in [1.807, 2.05) is 19.9 Å². The van der Waals surface area contributed by atoms with E-state index in [9.17, 15) is 8.42 Å². The molecule has 0 atom stereocenters. The molecule has 1 aliphatic heterocycles. The van der Waals surface area contributed by atoms with Crippen LogP contribution in [0.3, 0.4) is 0 Å². The van der Waals surface area contributed by atoms with Gasteiger partial charge in [0.05, 0.1) is 18.9 Å². The zero-order valence-electron chi connectivity index (χ0n) is 14.0. The predicted molar refractivity (Wildman–Crippen MR) is 99.8 cm³/mol. The minimum atomic E-state index is -3.61. The quantitative estimate of drug-likeness (QED) is 0.610. The third kappa shape index (κ3) is 4.76. The highest BCUT2D eigenvalue weighted by atomic mass is 32.2. The van der Waals surface area contributed by atoms with Crippen LogP contribution in [0.15, 0.2) is 35.2 Å². The number of hydrogen-bond acceptors (Lipinski definition) is 4. The average molecular weight is 370 g/mol. The van der Waals surface area contributed by atoms with Gasteiger partial charge in [0.1, 0.15) is 4.90 Å². The van der Waals surface area contributed by atoms with Gasteiger partial charge in [-0.25, -0.2) is 8.42 Å². The first kappa shape index (κ1) is 18.9. The van der Waals surface area contributed by atoms with Gasteiger partial charge in [0.2, 0.25) is 10.0 Å². The summed E-state index contributed by atoms with van der Waals surface area (Å²) < 4.78 is 32.6. The molecule has 0 spiro atoms. The van der Waals surface area contributed by atoms with E-state index in [1.165, 1.54) is 4.31 Å². The van der Waals surface area contributed by atoms with E-state index in [1.54, 1.807) is 12.1 Å². The van der Waals surface area contributed by atoms with Gasteiger partial charge in [0, 0.05) is 19.6 Å². The van der Waals surface area contributed by atoms with E-state index < -0.39 is 10.0 Å². The Bertz CT molecular complexity index is 726. The predicted octanol–water partition coefficient (Wildman–Crippen LogP) is 1.88. The van der Waals surface area contributed by atoms with Crippen LogP contribution in [-0.2, 0) is 14.8 Å². The summed E-state index contributed by atoms with van der Waals surface area (Å²) in [6.45, 7) is 9.60. The van der Waals surface area contributed by atoms with Crippen molar-refractivity contribution in [3.63, 3.8) is 0 Å². The van der Waals surface area contributed by atoms with Crippen LogP contribution in [-0.4, -0.2) is 50.7 Å². The van der Waals surface area contributed by atoms with Gasteiger partial charge in [0.15, 0.2) is 5.11 Å². The van der Waals surface area contributed by atoms with E-state index in [-0.39, 0.29) is 4.90 Å². The van der Waals surface area contributed by atoms with Gasteiger partial charge in [-0.15, -0.1) is 0 Å². The number of nitrogens with zero attached hydrogens (tertiary/aromatic N) is 1. The van der Waals surface area contributed by atoms with Crippen LogP contribution in [0.2, 0.25) is 0 Å². The highest BCUT2D eigenvalue weighted by molar-refractivity contribution is 7.89. The standard InChI is InChI=1S/C16H23N3O3S2/c1-12(2)11-17-16(23)18-14-5-4-13(3)10-15(14)24(20,21)19-6-8-22-9-7-19/h4-5,10H,1,6-9,11H2,2-3H3,(H2,17,18,23). The van der Waals surface area contributed by atoms with Crippen molar-refractivity contribution in [2.45, 2.75) is 18.7 Å². The topological polar surface area (TPSA) is 70.7 Å². The Morgan fingerprint density at radius 2 is 2.04 bits per heavy atom. The highest BCUT2D eigenvalue weighted by Gasteiger charge is 2.28. The Morgan fingerprint density at radius 1 is 1.38 bits per heavy atom. The lowest BCUT2D eigenvalue weighted by Gasteiger charge is -2.27. The van der Waals surface area contributed by atoms with Gasteiger partial charge >= 0.3 is 0 Å². The number of anilines is 1. The maximum Gasteiger partial charge on any atom is 0.245 e. The maximum atomic E-state index is 13.0. The van der Waals surface area contributed by atoms with Gasteiger partial charge in [-0.3, -0.25) is 0 Å². The molecule has 1 aromatic carbocycles. The summed E-state index contributed by atoms with van der Waals surface area (Å²) >= 11 is 5.23. The largest absolute Gasteiger partial charge is 0.379 e. The first-order valence-corrected chi connectivity index (χ1v) is 9.53. The first-order chi connectivity index (χ1) is 11.3. The molecule has 0 amide bonds. The van der Waals surface area contributed by atoms with E-state index >= 15 is 0 Å². The molecular formula is C16H23N3O3S2. The molecule has 132 valence electrons. The molecule has 1 heterocycles. The second kappa shape index (κ2) is 8.06. The fourth-order valence-electron chi connectivity index (χ4n) is 2.27. The van der Waals surface area contributed by atoms with Gasteiger partial charge < -0.3 is 15.4 Å². The van der Waals surface area contributed by atoms with Crippen LogP contribution in [0.1, 0.15) is 12.5 Å². The molecule has 1 aliphatic rings. The van der Waals surface area contributed by atoms with Crippen LogP contribution in [0.4, 0.5) is 5.69 Å². The van der Waals surface area contributed by atoms with Gasteiger partial charge in [-0.1, -0.05) is 18.2 Å². The maximum absolute atomic E-state index is 13.0. The minimum Gasteiger partial charge on any atom is -0.379 e. The molecule has 0 aromatic heterocycles.